The predicted molar refractivity (Wildman–Crippen MR) is 122 cm³/mol. The molecule has 0 bridgehead atoms. The van der Waals surface area contributed by atoms with Crippen molar-refractivity contribution in [1.82, 2.24) is 14.5 Å². The average molecular weight is 449 g/mol. The Morgan fingerprint density at radius 2 is 1.88 bits per heavy atom. The Morgan fingerprint density at radius 3 is 2.69 bits per heavy atom. The molecule has 4 aromatic rings. The zero-order chi connectivity index (χ0) is 22.5. The molecule has 8 nitrogen and oxygen atoms in total. The molecule has 0 aliphatic heterocycles. The van der Waals surface area contributed by atoms with Crippen LogP contribution in [-0.2, 0) is 20.9 Å². The molecule has 162 valence electrons. The minimum atomic E-state index is -1.00. The van der Waals surface area contributed by atoms with Gasteiger partial charge < -0.3 is 4.74 Å². The van der Waals surface area contributed by atoms with Crippen LogP contribution in [0.1, 0.15) is 13.3 Å². The van der Waals surface area contributed by atoms with E-state index in [2.05, 4.69) is 15.3 Å². The van der Waals surface area contributed by atoms with E-state index in [1.165, 1.54) is 29.2 Å². The highest BCUT2D eigenvalue weighted by atomic mass is 32.1. The lowest BCUT2D eigenvalue weighted by atomic mass is 10.2. The molecule has 0 saturated carbocycles. The van der Waals surface area contributed by atoms with Gasteiger partial charge in [-0.05, 0) is 19.1 Å². The summed E-state index contributed by atoms with van der Waals surface area (Å²) in [6.07, 6.45) is 0.339. The number of thiazole rings is 1. The number of benzene rings is 2. The van der Waals surface area contributed by atoms with Gasteiger partial charge in [0.2, 0.25) is 0 Å². The molecule has 0 aliphatic rings. The van der Waals surface area contributed by atoms with Gasteiger partial charge in [-0.15, -0.1) is 11.3 Å². The van der Waals surface area contributed by atoms with Crippen molar-refractivity contribution >= 4 is 39.2 Å². The first-order chi connectivity index (χ1) is 15.5. The summed E-state index contributed by atoms with van der Waals surface area (Å²) in [6.45, 7) is 1.60. The SMILES string of the molecule is CC(OC(=O)CCn1cnc2ccccc2c1=O)C(=O)Nc1nc(-c2ccccc2)cs1. The molecule has 1 N–H and O–H groups in total. The first-order valence-corrected chi connectivity index (χ1v) is 10.8. The van der Waals surface area contributed by atoms with Crippen molar-refractivity contribution in [3.8, 4) is 11.3 Å². The Hall–Kier alpha value is -3.85. The molecule has 32 heavy (non-hydrogen) atoms. The average Bonchev–Trinajstić information content (AvgIpc) is 3.28. The predicted octanol–water partition coefficient (Wildman–Crippen LogP) is 3.48. The summed E-state index contributed by atoms with van der Waals surface area (Å²) in [5.41, 5.74) is 2.07. The lowest BCUT2D eigenvalue weighted by molar-refractivity contribution is -0.153. The molecular weight excluding hydrogens is 428 g/mol. The van der Waals surface area contributed by atoms with Crippen LogP contribution in [0, 0.1) is 0 Å². The Balaban J connectivity index is 1.31. The number of hydrogen-bond donors (Lipinski definition) is 1. The van der Waals surface area contributed by atoms with Crippen LogP contribution in [0.3, 0.4) is 0 Å². The van der Waals surface area contributed by atoms with E-state index in [1.807, 2.05) is 35.7 Å². The standard InChI is InChI=1S/C23H20N4O4S/c1-15(21(29)26-23-25-19(13-32-23)16-7-3-2-4-8-16)31-20(28)11-12-27-14-24-18-10-6-5-9-17(18)22(27)30/h2-10,13-15H,11-12H2,1H3,(H,25,26,29). The van der Waals surface area contributed by atoms with E-state index < -0.39 is 18.0 Å². The van der Waals surface area contributed by atoms with Crippen molar-refractivity contribution in [3.63, 3.8) is 0 Å². The van der Waals surface area contributed by atoms with Crippen LogP contribution >= 0.6 is 11.3 Å². The minimum Gasteiger partial charge on any atom is -0.452 e. The van der Waals surface area contributed by atoms with Crippen LogP contribution in [0.25, 0.3) is 22.2 Å². The number of aromatic nitrogens is 3. The molecule has 4 rings (SSSR count). The second-order valence-electron chi connectivity index (χ2n) is 7.04. The first kappa shape index (κ1) is 21.4. The minimum absolute atomic E-state index is 0.0625. The molecule has 2 aromatic carbocycles. The van der Waals surface area contributed by atoms with Crippen molar-refractivity contribution in [2.45, 2.75) is 26.0 Å². The Kier molecular flexibility index (Phi) is 6.37. The van der Waals surface area contributed by atoms with Crippen molar-refractivity contribution < 1.29 is 14.3 Å². The van der Waals surface area contributed by atoms with Gasteiger partial charge in [-0.1, -0.05) is 42.5 Å². The third kappa shape index (κ3) is 4.89. The van der Waals surface area contributed by atoms with E-state index >= 15 is 0 Å². The molecule has 0 radical (unpaired) electrons. The van der Waals surface area contributed by atoms with Gasteiger partial charge in [0.15, 0.2) is 11.2 Å². The van der Waals surface area contributed by atoms with E-state index in [9.17, 15) is 14.4 Å². The Labute approximate surface area is 187 Å². The van der Waals surface area contributed by atoms with Crippen LogP contribution in [0.4, 0.5) is 5.13 Å². The maximum atomic E-state index is 12.5. The molecule has 0 aliphatic carbocycles. The second kappa shape index (κ2) is 9.52. The van der Waals surface area contributed by atoms with Crippen molar-refractivity contribution in [2.75, 3.05) is 5.32 Å². The van der Waals surface area contributed by atoms with E-state index in [-0.39, 0.29) is 18.5 Å². The second-order valence-corrected chi connectivity index (χ2v) is 7.89. The number of esters is 1. The molecular formula is C23H20N4O4S. The third-order valence-corrected chi connectivity index (χ3v) is 5.53. The molecule has 9 heteroatoms. The van der Waals surface area contributed by atoms with Crippen LogP contribution in [0.15, 0.2) is 71.1 Å². The number of carbonyl (C=O) groups is 2. The number of para-hydroxylation sites is 1. The zero-order valence-corrected chi connectivity index (χ0v) is 18.0. The van der Waals surface area contributed by atoms with E-state index in [1.54, 1.807) is 24.3 Å². The Bertz CT molecular complexity index is 1320. The van der Waals surface area contributed by atoms with Crippen LogP contribution in [0.5, 0.6) is 0 Å². The molecule has 0 saturated heterocycles. The van der Waals surface area contributed by atoms with Gasteiger partial charge >= 0.3 is 5.97 Å². The van der Waals surface area contributed by atoms with Gasteiger partial charge in [0.1, 0.15) is 0 Å². The summed E-state index contributed by atoms with van der Waals surface area (Å²) in [7, 11) is 0. The van der Waals surface area contributed by atoms with Gasteiger partial charge in [0, 0.05) is 17.5 Å². The highest BCUT2D eigenvalue weighted by Gasteiger charge is 2.19. The number of nitrogens with one attached hydrogen (secondary N) is 1. The van der Waals surface area contributed by atoms with Gasteiger partial charge in [-0.2, -0.15) is 0 Å². The number of aryl methyl sites for hydroxylation is 1. The number of hydrogen-bond acceptors (Lipinski definition) is 7. The van der Waals surface area contributed by atoms with Crippen LogP contribution in [0.2, 0.25) is 0 Å². The fourth-order valence-electron chi connectivity index (χ4n) is 3.07. The maximum absolute atomic E-state index is 12.5. The molecule has 1 unspecified atom stereocenters. The Morgan fingerprint density at radius 1 is 1.12 bits per heavy atom. The monoisotopic (exact) mass is 448 g/mol. The normalized spacial score (nSPS) is 11.8. The maximum Gasteiger partial charge on any atom is 0.308 e. The van der Waals surface area contributed by atoms with Gasteiger partial charge in [-0.25, -0.2) is 9.97 Å². The van der Waals surface area contributed by atoms with E-state index in [0.717, 1.165) is 11.3 Å². The smallest absolute Gasteiger partial charge is 0.308 e. The summed E-state index contributed by atoms with van der Waals surface area (Å²) in [5, 5.41) is 5.41. The van der Waals surface area contributed by atoms with E-state index in [4.69, 9.17) is 4.74 Å². The lowest BCUT2D eigenvalue weighted by Crippen LogP contribution is -2.30. The van der Waals surface area contributed by atoms with E-state index in [0.29, 0.717) is 16.0 Å². The summed E-state index contributed by atoms with van der Waals surface area (Å²) in [5.74, 6) is -1.06. The van der Waals surface area contributed by atoms with Crippen LogP contribution < -0.4 is 10.9 Å². The highest BCUT2D eigenvalue weighted by molar-refractivity contribution is 7.14. The third-order valence-electron chi connectivity index (χ3n) is 4.77. The summed E-state index contributed by atoms with van der Waals surface area (Å²) in [6, 6.07) is 16.6. The van der Waals surface area contributed by atoms with Crippen molar-refractivity contribution in [3.05, 3.63) is 76.7 Å². The van der Waals surface area contributed by atoms with Gasteiger partial charge in [0.05, 0.1) is 29.3 Å². The van der Waals surface area contributed by atoms with Crippen LogP contribution in [-0.4, -0.2) is 32.5 Å². The zero-order valence-electron chi connectivity index (χ0n) is 17.2. The number of rotatable bonds is 7. The number of carbonyl (C=O) groups excluding carboxylic acids is 2. The summed E-state index contributed by atoms with van der Waals surface area (Å²) in [4.78, 5) is 45.7. The topological polar surface area (TPSA) is 103 Å². The molecule has 0 fully saturated rings. The molecule has 2 heterocycles. The molecule has 1 amide bonds. The number of amides is 1. The first-order valence-electron chi connectivity index (χ1n) is 9.97. The van der Waals surface area contributed by atoms with Gasteiger partial charge in [-0.3, -0.25) is 24.3 Å². The van der Waals surface area contributed by atoms with Crippen molar-refractivity contribution in [2.24, 2.45) is 0 Å². The molecule has 0 spiro atoms. The molecule has 1 atom stereocenters. The molecule has 2 aromatic heterocycles. The number of fused-ring (bicyclic) bond motifs is 1. The number of nitrogens with zero attached hydrogens (tertiary/aromatic N) is 3. The largest absolute Gasteiger partial charge is 0.452 e. The van der Waals surface area contributed by atoms with Crippen molar-refractivity contribution in [1.29, 1.82) is 0 Å². The summed E-state index contributed by atoms with van der Waals surface area (Å²) >= 11 is 1.29. The lowest BCUT2D eigenvalue weighted by Gasteiger charge is -2.13. The fraction of sp³-hybridized carbons (Fsp3) is 0.174. The fourth-order valence-corrected chi connectivity index (χ4v) is 3.79. The number of anilines is 1. The quantitative estimate of drug-likeness (QED) is 0.434. The van der Waals surface area contributed by atoms with Gasteiger partial charge in [0.25, 0.3) is 11.5 Å². The number of ether oxygens (including phenoxy) is 1. The summed E-state index contributed by atoms with van der Waals surface area (Å²) < 4.78 is 6.57. The highest BCUT2D eigenvalue weighted by Crippen LogP contribution is 2.24.